The van der Waals surface area contributed by atoms with Gasteiger partial charge in [0.1, 0.15) is 18.0 Å². The molecule has 1 N–H and O–H groups in total. The summed E-state index contributed by atoms with van der Waals surface area (Å²) < 4.78 is 12.6. The fourth-order valence-electron chi connectivity index (χ4n) is 2.81. The number of carbonyl (C=O) groups is 1. The van der Waals surface area contributed by atoms with E-state index in [9.17, 15) is 14.4 Å². The lowest BCUT2D eigenvalue weighted by Gasteiger charge is -2.12. The first-order valence-corrected chi connectivity index (χ1v) is 8.88. The molecule has 3 rings (SSSR count). The zero-order valence-corrected chi connectivity index (χ0v) is 16.1. The number of ether oxygens (including phenoxy) is 2. The molecule has 1 aromatic heterocycles. The average molecular weight is 395 g/mol. The third-order valence-electron chi connectivity index (χ3n) is 4.37. The summed E-state index contributed by atoms with van der Waals surface area (Å²) in [6.07, 6.45) is 2.85. The van der Waals surface area contributed by atoms with Gasteiger partial charge in [-0.05, 0) is 29.8 Å². The molecule has 0 saturated carbocycles. The zero-order chi connectivity index (χ0) is 20.8. The van der Waals surface area contributed by atoms with Crippen LogP contribution in [-0.4, -0.2) is 29.3 Å². The molecule has 0 fully saturated rings. The van der Waals surface area contributed by atoms with Crippen molar-refractivity contribution in [3.63, 3.8) is 0 Å². The minimum atomic E-state index is -0.794. The smallest absolute Gasteiger partial charge is 0.321 e. The Morgan fingerprint density at radius 3 is 2.34 bits per heavy atom. The number of rotatable bonds is 7. The molecular formula is C21H21N3O5. The summed E-state index contributed by atoms with van der Waals surface area (Å²) in [6.45, 7) is 0.0485. The van der Waals surface area contributed by atoms with Gasteiger partial charge < -0.3 is 14.8 Å². The molecule has 8 heteroatoms. The molecule has 0 saturated heterocycles. The van der Waals surface area contributed by atoms with Gasteiger partial charge in [0.2, 0.25) is 5.91 Å². The molecule has 1 heterocycles. The second-order valence-corrected chi connectivity index (χ2v) is 6.20. The molecule has 29 heavy (non-hydrogen) atoms. The van der Waals surface area contributed by atoms with Crippen molar-refractivity contribution >= 4 is 5.91 Å². The Hall–Kier alpha value is -3.81. The van der Waals surface area contributed by atoms with E-state index in [0.29, 0.717) is 18.0 Å². The molecule has 0 unspecified atom stereocenters. The molecular weight excluding hydrogens is 374 g/mol. The van der Waals surface area contributed by atoms with Gasteiger partial charge in [-0.1, -0.05) is 24.3 Å². The highest BCUT2D eigenvalue weighted by Gasteiger charge is 2.12. The van der Waals surface area contributed by atoms with Gasteiger partial charge in [0, 0.05) is 18.9 Å². The first-order chi connectivity index (χ1) is 14.0. The van der Waals surface area contributed by atoms with E-state index < -0.39 is 11.1 Å². The Kier molecular flexibility index (Phi) is 6.13. The summed E-state index contributed by atoms with van der Waals surface area (Å²) in [5.74, 6) is 0.809. The third-order valence-corrected chi connectivity index (χ3v) is 4.37. The van der Waals surface area contributed by atoms with Crippen LogP contribution in [0.5, 0.6) is 11.5 Å². The van der Waals surface area contributed by atoms with Crippen molar-refractivity contribution < 1.29 is 14.3 Å². The minimum Gasteiger partial charge on any atom is -0.497 e. The van der Waals surface area contributed by atoms with Crippen molar-refractivity contribution in [2.24, 2.45) is 0 Å². The molecule has 1 amide bonds. The highest BCUT2D eigenvalue weighted by atomic mass is 16.5. The van der Waals surface area contributed by atoms with Crippen LogP contribution < -0.4 is 25.9 Å². The molecule has 0 radical (unpaired) electrons. The van der Waals surface area contributed by atoms with Crippen LogP contribution in [0.25, 0.3) is 5.69 Å². The largest absolute Gasteiger partial charge is 0.497 e. The molecule has 0 aliphatic carbocycles. The number of benzene rings is 2. The number of methoxy groups -OCH3 is 2. The van der Waals surface area contributed by atoms with Gasteiger partial charge in [0.15, 0.2) is 0 Å². The van der Waals surface area contributed by atoms with E-state index in [0.717, 1.165) is 15.9 Å². The average Bonchev–Trinajstić information content (AvgIpc) is 2.76. The maximum atomic E-state index is 12.5. The Bertz CT molecular complexity index is 1120. The van der Waals surface area contributed by atoms with Crippen molar-refractivity contribution in [3.05, 3.63) is 87.2 Å². The van der Waals surface area contributed by atoms with Crippen molar-refractivity contribution in [2.75, 3.05) is 14.2 Å². The van der Waals surface area contributed by atoms with Crippen LogP contribution in [0.15, 0.2) is 70.5 Å². The maximum Gasteiger partial charge on any atom is 0.321 e. The van der Waals surface area contributed by atoms with Crippen LogP contribution in [0, 0.1) is 0 Å². The number of para-hydroxylation sites is 2. The number of aromatic nitrogens is 2. The Labute approximate surface area is 166 Å². The second kappa shape index (κ2) is 8.92. The summed E-state index contributed by atoms with van der Waals surface area (Å²) in [6, 6.07) is 14.1. The summed E-state index contributed by atoms with van der Waals surface area (Å²) in [7, 11) is 3.06. The molecule has 0 aliphatic heterocycles. The third kappa shape index (κ3) is 4.55. The molecule has 150 valence electrons. The number of nitrogens with zero attached hydrogens (tertiary/aromatic N) is 2. The second-order valence-electron chi connectivity index (χ2n) is 6.20. The van der Waals surface area contributed by atoms with Crippen molar-refractivity contribution in [1.82, 2.24) is 14.5 Å². The van der Waals surface area contributed by atoms with Gasteiger partial charge in [-0.25, -0.2) is 0 Å². The number of nitrogens with one attached hydrogen (secondary N) is 1. The first-order valence-electron chi connectivity index (χ1n) is 8.88. The lowest BCUT2D eigenvalue weighted by molar-refractivity contribution is -0.121. The lowest BCUT2D eigenvalue weighted by Crippen LogP contribution is -2.42. The van der Waals surface area contributed by atoms with Gasteiger partial charge >= 0.3 is 11.1 Å². The number of hydrogen-bond donors (Lipinski definition) is 1. The van der Waals surface area contributed by atoms with Crippen LogP contribution in [0.4, 0.5) is 0 Å². The number of amides is 1. The Morgan fingerprint density at radius 2 is 1.66 bits per heavy atom. The minimum absolute atomic E-state index is 0.253. The predicted octanol–water partition coefficient (Wildman–Crippen LogP) is 1.33. The quantitative estimate of drug-likeness (QED) is 0.610. The van der Waals surface area contributed by atoms with Crippen LogP contribution >= 0.6 is 0 Å². The summed E-state index contributed by atoms with van der Waals surface area (Å²) in [4.78, 5) is 37.2. The van der Waals surface area contributed by atoms with Crippen LogP contribution in [0.1, 0.15) is 5.56 Å². The molecule has 3 aromatic rings. The highest BCUT2D eigenvalue weighted by molar-refractivity contribution is 5.75. The van der Waals surface area contributed by atoms with Crippen molar-refractivity contribution in [1.29, 1.82) is 0 Å². The van der Waals surface area contributed by atoms with E-state index in [2.05, 4.69) is 5.32 Å². The first kappa shape index (κ1) is 19.9. The van der Waals surface area contributed by atoms with Crippen LogP contribution in [0.3, 0.4) is 0 Å². The van der Waals surface area contributed by atoms with E-state index >= 15 is 0 Å². The van der Waals surface area contributed by atoms with Crippen LogP contribution in [-0.2, 0) is 17.9 Å². The van der Waals surface area contributed by atoms with Crippen molar-refractivity contribution in [3.8, 4) is 17.2 Å². The SMILES string of the molecule is COc1ccc(CNC(=O)Cn2ccn(-c3ccccc3OC)c(=O)c2=O)cc1. The Balaban J connectivity index is 1.73. The maximum absolute atomic E-state index is 12.5. The normalized spacial score (nSPS) is 10.4. The standard InChI is InChI=1S/C21H21N3O5/c1-28-16-9-7-15(8-10-16)13-22-19(25)14-23-11-12-24(21(27)20(23)26)17-5-3-4-6-18(17)29-2/h3-12H,13-14H2,1-2H3,(H,22,25). The van der Waals surface area contributed by atoms with E-state index in [1.165, 1.54) is 24.1 Å². The number of hydrogen-bond acceptors (Lipinski definition) is 5. The molecule has 0 spiro atoms. The lowest BCUT2D eigenvalue weighted by atomic mass is 10.2. The van der Waals surface area contributed by atoms with E-state index in [-0.39, 0.29) is 12.5 Å². The fraction of sp³-hybridized carbons (Fsp3) is 0.190. The Morgan fingerprint density at radius 1 is 0.931 bits per heavy atom. The topological polar surface area (TPSA) is 91.6 Å². The van der Waals surface area contributed by atoms with Gasteiger partial charge in [-0.2, -0.15) is 0 Å². The summed E-state index contributed by atoms with van der Waals surface area (Å²) in [5, 5.41) is 2.73. The predicted molar refractivity (Wildman–Crippen MR) is 108 cm³/mol. The van der Waals surface area contributed by atoms with E-state index in [1.54, 1.807) is 43.5 Å². The summed E-state index contributed by atoms with van der Waals surface area (Å²) >= 11 is 0. The highest BCUT2D eigenvalue weighted by Crippen LogP contribution is 2.19. The molecule has 2 aromatic carbocycles. The number of carbonyl (C=O) groups excluding carboxylic acids is 1. The molecule has 8 nitrogen and oxygen atoms in total. The summed E-state index contributed by atoms with van der Waals surface area (Å²) in [5.41, 5.74) is -0.218. The molecule has 0 aliphatic rings. The zero-order valence-electron chi connectivity index (χ0n) is 16.1. The van der Waals surface area contributed by atoms with Gasteiger partial charge in [-0.3, -0.25) is 23.5 Å². The van der Waals surface area contributed by atoms with Crippen molar-refractivity contribution in [2.45, 2.75) is 13.1 Å². The monoisotopic (exact) mass is 395 g/mol. The van der Waals surface area contributed by atoms with Crippen LogP contribution in [0.2, 0.25) is 0 Å². The van der Waals surface area contributed by atoms with Gasteiger partial charge in [0.05, 0.1) is 19.9 Å². The molecule has 0 atom stereocenters. The fourth-order valence-corrected chi connectivity index (χ4v) is 2.81. The van der Waals surface area contributed by atoms with E-state index in [1.807, 2.05) is 12.1 Å². The molecule has 0 bridgehead atoms. The van der Waals surface area contributed by atoms with Gasteiger partial charge in [0.25, 0.3) is 0 Å². The van der Waals surface area contributed by atoms with Gasteiger partial charge in [-0.15, -0.1) is 0 Å². The van der Waals surface area contributed by atoms with E-state index in [4.69, 9.17) is 9.47 Å².